The highest BCUT2D eigenvalue weighted by Crippen LogP contribution is 2.30. The van der Waals surface area contributed by atoms with Gasteiger partial charge in [-0.3, -0.25) is 4.79 Å². The van der Waals surface area contributed by atoms with Crippen LogP contribution in [0, 0.1) is 0 Å². The Labute approximate surface area is 163 Å². The number of carbonyl (C=O) groups is 1. The molecule has 0 spiro atoms. The van der Waals surface area contributed by atoms with Gasteiger partial charge in [-0.15, -0.1) is 10.2 Å². The summed E-state index contributed by atoms with van der Waals surface area (Å²) in [6.07, 6.45) is 0.967. The second-order valence-electron chi connectivity index (χ2n) is 6.01. The summed E-state index contributed by atoms with van der Waals surface area (Å²) >= 11 is 1.41. The zero-order valence-corrected chi connectivity index (χ0v) is 16.6. The van der Waals surface area contributed by atoms with Crippen LogP contribution >= 0.6 is 11.8 Å². The van der Waals surface area contributed by atoms with Crippen molar-refractivity contribution >= 4 is 17.5 Å². The number of rotatable bonds is 8. The molecule has 1 aromatic heterocycles. The molecule has 0 aliphatic carbocycles. The number of para-hydroxylation sites is 1. The Balaban J connectivity index is 1.77. The summed E-state index contributed by atoms with van der Waals surface area (Å²) < 4.78 is 7.45. The predicted molar refractivity (Wildman–Crippen MR) is 109 cm³/mol. The standard InChI is InChI=1S/C21H23N3O2S/c1-4-15-10-12-16(13-11-15)18(25)14-27-21-23-22-20(24(21)5-2)17-8-6-7-9-19(17)26-3/h6-13H,4-5,14H2,1-3H3. The van der Waals surface area contributed by atoms with E-state index in [1.165, 1.54) is 17.3 Å². The molecule has 2 aromatic carbocycles. The van der Waals surface area contributed by atoms with Crippen molar-refractivity contribution in [3.05, 3.63) is 59.7 Å². The van der Waals surface area contributed by atoms with E-state index in [9.17, 15) is 4.79 Å². The molecule has 0 aliphatic rings. The summed E-state index contributed by atoms with van der Waals surface area (Å²) in [4.78, 5) is 12.5. The second kappa shape index (κ2) is 8.86. The van der Waals surface area contributed by atoms with Crippen LogP contribution in [0.3, 0.4) is 0 Å². The molecule has 0 bridgehead atoms. The average Bonchev–Trinajstić information content (AvgIpc) is 3.14. The number of thioether (sulfide) groups is 1. The van der Waals surface area contributed by atoms with Gasteiger partial charge < -0.3 is 9.30 Å². The molecule has 0 saturated heterocycles. The van der Waals surface area contributed by atoms with Crippen LogP contribution < -0.4 is 4.74 Å². The maximum Gasteiger partial charge on any atom is 0.191 e. The molecule has 0 fully saturated rings. The van der Waals surface area contributed by atoms with Crippen molar-refractivity contribution in [1.29, 1.82) is 0 Å². The maximum atomic E-state index is 12.5. The summed E-state index contributed by atoms with van der Waals surface area (Å²) in [7, 11) is 1.64. The molecule has 6 heteroatoms. The van der Waals surface area contributed by atoms with Crippen LogP contribution in [0.2, 0.25) is 0 Å². The molecule has 0 amide bonds. The number of nitrogens with zero attached hydrogens (tertiary/aromatic N) is 3. The van der Waals surface area contributed by atoms with Gasteiger partial charge in [0.2, 0.25) is 0 Å². The number of benzene rings is 2. The predicted octanol–water partition coefficient (Wildman–Crippen LogP) is 4.51. The molecule has 1 heterocycles. The monoisotopic (exact) mass is 381 g/mol. The van der Waals surface area contributed by atoms with Gasteiger partial charge in [-0.25, -0.2) is 0 Å². The molecule has 27 heavy (non-hydrogen) atoms. The summed E-state index contributed by atoms with van der Waals surface area (Å²) in [5, 5.41) is 9.37. The number of ketones is 1. The van der Waals surface area contributed by atoms with Crippen LogP contribution in [-0.4, -0.2) is 33.4 Å². The summed E-state index contributed by atoms with van der Waals surface area (Å²) in [6, 6.07) is 15.5. The minimum Gasteiger partial charge on any atom is -0.496 e. The van der Waals surface area contributed by atoms with Gasteiger partial charge in [-0.05, 0) is 31.0 Å². The van der Waals surface area contributed by atoms with Gasteiger partial charge in [-0.1, -0.05) is 55.1 Å². The Morgan fingerprint density at radius 3 is 2.48 bits per heavy atom. The number of aryl methyl sites for hydroxylation is 1. The fraction of sp³-hybridized carbons (Fsp3) is 0.286. The highest BCUT2D eigenvalue weighted by molar-refractivity contribution is 7.99. The molecule has 0 aliphatic heterocycles. The molecular weight excluding hydrogens is 358 g/mol. The lowest BCUT2D eigenvalue weighted by molar-refractivity contribution is 0.102. The molecule has 140 valence electrons. The van der Waals surface area contributed by atoms with Crippen molar-refractivity contribution in [2.75, 3.05) is 12.9 Å². The van der Waals surface area contributed by atoms with Crippen molar-refractivity contribution in [2.45, 2.75) is 32.0 Å². The molecule has 5 nitrogen and oxygen atoms in total. The van der Waals surface area contributed by atoms with Gasteiger partial charge in [0.05, 0.1) is 18.4 Å². The third-order valence-electron chi connectivity index (χ3n) is 4.40. The third-order valence-corrected chi connectivity index (χ3v) is 5.36. The lowest BCUT2D eigenvalue weighted by Crippen LogP contribution is -2.05. The Hall–Kier alpha value is -2.60. The summed E-state index contributed by atoms with van der Waals surface area (Å²) in [5.41, 5.74) is 2.85. The van der Waals surface area contributed by atoms with Gasteiger partial charge in [-0.2, -0.15) is 0 Å². The van der Waals surface area contributed by atoms with Crippen LogP contribution in [-0.2, 0) is 13.0 Å². The van der Waals surface area contributed by atoms with Crippen molar-refractivity contribution in [2.24, 2.45) is 0 Å². The lowest BCUT2D eigenvalue weighted by Gasteiger charge is -2.10. The van der Waals surface area contributed by atoms with Gasteiger partial charge >= 0.3 is 0 Å². The fourth-order valence-corrected chi connectivity index (χ4v) is 3.75. The zero-order valence-electron chi connectivity index (χ0n) is 15.8. The summed E-state index contributed by atoms with van der Waals surface area (Å²) in [6.45, 7) is 4.85. The van der Waals surface area contributed by atoms with E-state index in [-0.39, 0.29) is 5.78 Å². The first kappa shape index (κ1) is 19.2. The first-order valence-electron chi connectivity index (χ1n) is 8.99. The molecular formula is C21H23N3O2S. The average molecular weight is 382 g/mol. The van der Waals surface area contributed by atoms with E-state index in [2.05, 4.69) is 17.1 Å². The highest BCUT2D eigenvalue weighted by Gasteiger charge is 2.17. The van der Waals surface area contributed by atoms with Crippen molar-refractivity contribution in [1.82, 2.24) is 14.8 Å². The van der Waals surface area contributed by atoms with Crippen LogP contribution in [0.1, 0.15) is 29.8 Å². The third kappa shape index (κ3) is 4.22. The quantitative estimate of drug-likeness (QED) is 0.424. The van der Waals surface area contributed by atoms with E-state index in [4.69, 9.17) is 4.74 Å². The Bertz CT molecular complexity index is 919. The lowest BCUT2D eigenvalue weighted by atomic mass is 10.1. The van der Waals surface area contributed by atoms with E-state index in [1.54, 1.807) is 7.11 Å². The van der Waals surface area contributed by atoms with Gasteiger partial charge in [0, 0.05) is 12.1 Å². The van der Waals surface area contributed by atoms with Crippen LogP contribution in [0.4, 0.5) is 0 Å². The molecule has 0 N–H and O–H groups in total. The normalized spacial score (nSPS) is 10.8. The second-order valence-corrected chi connectivity index (χ2v) is 6.96. The molecule has 0 unspecified atom stereocenters. The minimum absolute atomic E-state index is 0.0900. The minimum atomic E-state index is 0.0900. The fourth-order valence-electron chi connectivity index (χ4n) is 2.85. The Morgan fingerprint density at radius 2 is 1.81 bits per heavy atom. The van der Waals surface area contributed by atoms with E-state index in [0.717, 1.165) is 34.3 Å². The van der Waals surface area contributed by atoms with Crippen LogP contribution in [0.15, 0.2) is 53.7 Å². The van der Waals surface area contributed by atoms with Crippen LogP contribution in [0.25, 0.3) is 11.4 Å². The number of methoxy groups -OCH3 is 1. The maximum absolute atomic E-state index is 12.5. The number of ether oxygens (including phenoxy) is 1. The first-order valence-corrected chi connectivity index (χ1v) is 9.98. The Kier molecular flexibility index (Phi) is 6.29. The van der Waals surface area contributed by atoms with E-state index in [1.807, 2.05) is 60.0 Å². The van der Waals surface area contributed by atoms with Gasteiger partial charge in [0.15, 0.2) is 16.8 Å². The van der Waals surface area contributed by atoms with E-state index >= 15 is 0 Å². The highest BCUT2D eigenvalue weighted by atomic mass is 32.2. The number of Topliss-reactive ketones (excluding diaryl/α,β-unsaturated/α-hetero) is 1. The Morgan fingerprint density at radius 1 is 1.07 bits per heavy atom. The van der Waals surface area contributed by atoms with Crippen molar-refractivity contribution < 1.29 is 9.53 Å². The van der Waals surface area contributed by atoms with Crippen LogP contribution in [0.5, 0.6) is 5.75 Å². The number of carbonyl (C=O) groups excluding carboxylic acids is 1. The number of aromatic nitrogens is 3. The molecule has 3 rings (SSSR count). The van der Waals surface area contributed by atoms with Crippen molar-refractivity contribution in [3.8, 4) is 17.1 Å². The van der Waals surface area contributed by atoms with Gasteiger partial charge in [0.25, 0.3) is 0 Å². The largest absolute Gasteiger partial charge is 0.496 e. The first-order chi connectivity index (χ1) is 13.2. The SMILES string of the molecule is CCc1ccc(C(=O)CSc2nnc(-c3ccccc3OC)n2CC)cc1. The topological polar surface area (TPSA) is 57.0 Å². The molecule has 0 atom stereocenters. The molecule has 3 aromatic rings. The summed E-state index contributed by atoms with van der Waals surface area (Å²) in [5.74, 6) is 1.92. The van der Waals surface area contributed by atoms with Gasteiger partial charge in [0.1, 0.15) is 5.75 Å². The molecule has 0 radical (unpaired) electrons. The number of hydrogen-bond donors (Lipinski definition) is 0. The van der Waals surface area contributed by atoms with E-state index < -0.39 is 0 Å². The smallest absolute Gasteiger partial charge is 0.191 e. The zero-order chi connectivity index (χ0) is 19.2. The van der Waals surface area contributed by atoms with Crippen molar-refractivity contribution in [3.63, 3.8) is 0 Å². The number of hydrogen-bond acceptors (Lipinski definition) is 5. The molecule has 0 saturated carbocycles. The van der Waals surface area contributed by atoms with E-state index in [0.29, 0.717) is 12.3 Å².